The first-order chi connectivity index (χ1) is 5.39. The van der Waals surface area contributed by atoms with Gasteiger partial charge in [-0.15, -0.1) is 3.89 Å². The molecule has 0 bridgehead atoms. The van der Waals surface area contributed by atoms with E-state index in [1.54, 1.807) is 0 Å². The van der Waals surface area contributed by atoms with Gasteiger partial charge in [-0.3, -0.25) is 0 Å². The van der Waals surface area contributed by atoms with Crippen LogP contribution in [0.3, 0.4) is 0 Å². The van der Waals surface area contributed by atoms with Gasteiger partial charge in [0.15, 0.2) is 0 Å². The topological polar surface area (TPSA) is 34.1 Å². The minimum absolute atomic E-state index is 0.167. The molecule has 1 aromatic carbocycles. The van der Waals surface area contributed by atoms with Crippen LogP contribution in [-0.2, 0) is 10.2 Å². The number of rotatable bonds is 1. The van der Waals surface area contributed by atoms with Crippen molar-refractivity contribution in [3.8, 4) is 0 Å². The number of halogens is 3. The fraction of sp³-hybridized carbons (Fsp3) is 0. The van der Waals surface area contributed by atoms with Crippen molar-refractivity contribution in [1.82, 2.24) is 0 Å². The van der Waals surface area contributed by atoms with E-state index in [-0.39, 0.29) is 5.02 Å². The lowest BCUT2D eigenvalue weighted by Crippen LogP contribution is -1.91. The van der Waals surface area contributed by atoms with Crippen molar-refractivity contribution in [1.29, 1.82) is 0 Å². The molecule has 0 heterocycles. The Bertz CT molecular complexity index is 384. The van der Waals surface area contributed by atoms with E-state index in [0.29, 0.717) is 4.47 Å². The summed E-state index contributed by atoms with van der Waals surface area (Å²) in [6, 6.07) is 3.65. The molecule has 0 atom stereocenters. The molecule has 1 aromatic rings. The van der Waals surface area contributed by atoms with Crippen LogP contribution < -0.4 is 0 Å². The van der Waals surface area contributed by atoms with Crippen LogP contribution >= 0.6 is 27.5 Å². The van der Waals surface area contributed by atoms with Gasteiger partial charge in [-0.25, -0.2) is 0 Å². The molecule has 66 valence electrons. The summed E-state index contributed by atoms with van der Waals surface area (Å²) in [5.74, 6) is 0. The van der Waals surface area contributed by atoms with Crippen molar-refractivity contribution in [2.75, 3.05) is 0 Å². The second-order valence-corrected chi connectivity index (χ2v) is 4.74. The molecule has 0 amide bonds. The lowest BCUT2D eigenvalue weighted by molar-refractivity contribution is 0.552. The summed E-state index contributed by atoms with van der Waals surface area (Å²) in [6.45, 7) is 0. The number of benzene rings is 1. The molecule has 2 nitrogen and oxygen atoms in total. The summed E-state index contributed by atoms with van der Waals surface area (Å²) < 4.78 is 33.6. The van der Waals surface area contributed by atoms with E-state index in [1.807, 2.05) is 0 Å². The van der Waals surface area contributed by atoms with Crippen molar-refractivity contribution < 1.29 is 12.3 Å². The molecule has 0 saturated carbocycles. The molecule has 0 aliphatic heterocycles. The second kappa shape index (κ2) is 3.32. The van der Waals surface area contributed by atoms with Crippen LogP contribution in [0.5, 0.6) is 0 Å². The fourth-order valence-corrected chi connectivity index (χ4v) is 2.28. The van der Waals surface area contributed by atoms with Crippen LogP contribution in [0.2, 0.25) is 5.02 Å². The molecule has 12 heavy (non-hydrogen) atoms. The Kier molecular flexibility index (Phi) is 2.75. The summed E-state index contributed by atoms with van der Waals surface area (Å²) in [5.41, 5.74) is 0. The highest BCUT2D eigenvalue weighted by molar-refractivity contribution is 9.10. The Morgan fingerprint density at radius 2 is 1.92 bits per heavy atom. The van der Waals surface area contributed by atoms with E-state index in [4.69, 9.17) is 11.6 Å². The molecule has 0 aromatic heterocycles. The van der Waals surface area contributed by atoms with Gasteiger partial charge in [0.1, 0.15) is 4.90 Å². The van der Waals surface area contributed by atoms with Crippen molar-refractivity contribution in [3.63, 3.8) is 0 Å². The average molecular weight is 274 g/mol. The minimum Gasteiger partial charge on any atom is -0.189 e. The van der Waals surface area contributed by atoms with Gasteiger partial charge in [0.2, 0.25) is 0 Å². The quantitative estimate of drug-likeness (QED) is 0.737. The molecule has 1 rings (SSSR count). The van der Waals surface area contributed by atoms with Crippen LogP contribution in [-0.4, -0.2) is 8.42 Å². The van der Waals surface area contributed by atoms with E-state index < -0.39 is 15.1 Å². The van der Waals surface area contributed by atoms with Gasteiger partial charge in [0, 0.05) is 9.50 Å². The Hall–Kier alpha value is -0.130. The van der Waals surface area contributed by atoms with Crippen LogP contribution in [0.4, 0.5) is 3.89 Å². The largest absolute Gasteiger partial charge is 0.332 e. The van der Waals surface area contributed by atoms with Crippen LogP contribution in [0.25, 0.3) is 0 Å². The molecule has 0 saturated heterocycles. The van der Waals surface area contributed by atoms with Crippen molar-refractivity contribution in [3.05, 3.63) is 27.7 Å². The summed E-state index contributed by atoms with van der Waals surface area (Å²) >= 11 is 8.48. The highest BCUT2D eigenvalue weighted by Gasteiger charge is 2.12. The highest BCUT2D eigenvalue weighted by Crippen LogP contribution is 2.23. The monoisotopic (exact) mass is 272 g/mol. The van der Waals surface area contributed by atoms with Gasteiger partial charge in [-0.2, -0.15) is 8.42 Å². The number of hydrogen-bond donors (Lipinski definition) is 0. The zero-order valence-electron chi connectivity index (χ0n) is 5.59. The molecule has 0 unspecified atom stereocenters. The third-order valence-corrected chi connectivity index (χ3v) is 2.59. The van der Waals surface area contributed by atoms with Gasteiger partial charge >= 0.3 is 10.2 Å². The minimum atomic E-state index is -4.66. The van der Waals surface area contributed by atoms with Crippen LogP contribution in [0.1, 0.15) is 0 Å². The zero-order valence-corrected chi connectivity index (χ0v) is 8.75. The molecule has 0 aliphatic rings. The molecule has 0 aliphatic carbocycles. The number of hydrogen-bond acceptors (Lipinski definition) is 2. The summed E-state index contributed by atoms with van der Waals surface area (Å²) in [6.07, 6.45) is 0. The molecular weight excluding hydrogens is 270 g/mol. The maximum Gasteiger partial charge on any atom is 0.332 e. The Balaban J connectivity index is 3.37. The zero-order chi connectivity index (χ0) is 9.35. The summed E-state index contributed by atoms with van der Waals surface area (Å²) in [5, 5.41) is 0.167. The van der Waals surface area contributed by atoms with Gasteiger partial charge in [-0.05, 0) is 18.2 Å². The molecule has 6 heteroatoms. The van der Waals surface area contributed by atoms with E-state index in [0.717, 1.165) is 12.1 Å². The Morgan fingerprint density at radius 1 is 1.33 bits per heavy atom. The molecular formula is C6H3BrClFO2S. The van der Waals surface area contributed by atoms with Crippen LogP contribution in [0.15, 0.2) is 27.6 Å². The standard InChI is InChI=1S/C6H3BrClFO2S/c7-4-1-5(8)3-6(2-4)12(9,10)11/h1-3H. The maximum atomic E-state index is 12.4. The highest BCUT2D eigenvalue weighted by atomic mass is 79.9. The van der Waals surface area contributed by atoms with Crippen LogP contribution in [0, 0.1) is 0 Å². The van der Waals surface area contributed by atoms with Gasteiger partial charge in [-0.1, -0.05) is 27.5 Å². The van der Waals surface area contributed by atoms with Crippen molar-refractivity contribution >= 4 is 37.8 Å². The van der Waals surface area contributed by atoms with E-state index in [2.05, 4.69) is 15.9 Å². The molecule has 0 radical (unpaired) electrons. The maximum absolute atomic E-state index is 12.4. The first kappa shape index (κ1) is 9.95. The van der Waals surface area contributed by atoms with E-state index in [9.17, 15) is 12.3 Å². The van der Waals surface area contributed by atoms with Gasteiger partial charge < -0.3 is 0 Å². The Morgan fingerprint density at radius 3 is 2.33 bits per heavy atom. The lowest BCUT2D eigenvalue weighted by Gasteiger charge is -1.96. The fourth-order valence-electron chi connectivity index (χ4n) is 0.669. The summed E-state index contributed by atoms with van der Waals surface area (Å²) in [7, 11) is -4.66. The van der Waals surface area contributed by atoms with E-state index in [1.165, 1.54) is 6.07 Å². The smallest absolute Gasteiger partial charge is 0.189 e. The first-order valence-electron chi connectivity index (χ1n) is 2.80. The van der Waals surface area contributed by atoms with Crippen molar-refractivity contribution in [2.24, 2.45) is 0 Å². The first-order valence-corrected chi connectivity index (χ1v) is 5.36. The summed E-state index contributed by atoms with van der Waals surface area (Å²) in [4.78, 5) is -0.443. The molecule has 0 fully saturated rings. The van der Waals surface area contributed by atoms with Gasteiger partial charge in [0.05, 0.1) is 0 Å². The Labute approximate surface area is 82.7 Å². The SMILES string of the molecule is O=S(=O)(F)c1cc(Cl)cc(Br)c1. The van der Waals surface area contributed by atoms with Gasteiger partial charge in [0.25, 0.3) is 0 Å². The molecule has 0 spiro atoms. The third kappa shape index (κ3) is 2.43. The predicted molar refractivity (Wildman–Crippen MR) is 47.4 cm³/mol. The molecule has 0 N–H and O–H groups in total. The predicted octanol–water partition coefficient (Wildman–Crippen LogP) is 2.76. The third-order valence-electron chi connectivity index (χ3n) is 1.12. The van der Waals surface area contributed by atoms with Crippen molar-refractivity contribution in [2.45, 2.75) is 4.90 Å². The van der Waals surface area contributed by atoms with E-state index >= 15 is 0 Å². The average Bonchev–Trinajstić information content (AvgIpc) is 1.82. The lowest BCUT2D eigenvalue weighted by atomic mass is 10.4. The second-order valence-electron chi connectivity index (χ2n) is 2.04. The normalized spacial score (nSPS) is 11.6.